The first kappa shape index (κ1) is 15.5. The van der Waals surface area contributed by atoms with Gasteiger partial charge < -0.3 is 5.32 Å². The summed E-state index contributed by atoms with van der Waals surface area (Å²) in [6, 6.07) is 14.8. The lowest BCUT2D eigenvalue weighted by Gasteiger charge is -2.04. The average molecular weight is 376 g/mol. The Hall–Kier alpha value is -2.77. The second kappa shape index (κ2) is 5.89. The molecule has 1 saturated heterocycles. The molecule has 5 rings (SSSR count). The second-order valence-electron chi connectivity index (χ2n) is 6.12. The average Bonchev–Trinajstić information content (AvgIpc) is 3.32. The fourth-order valence-electron chi connectivity index (χ4n) is 3.30. The monoisotopic (exact) mass is 376 g/mol. The third kappa shape index (κ3) is 2.56. The predicted octanol–water partition coefficient (Wildman–Crippen LogP) is 3.33. The van der Waals surface area contributed by atoms with Crippen LogP contribution in [0.15, 0.2) is 53.6 Å². The number of hydrogen-bond donors (Lipinski definition) is 1. The lowest BCUT2D eigenvalue weighted by Crippen LogP contribution is -2.17. The van der Waals surface area contributed by atoms with Gasteiger partial charge in [-0.15, -0.1) is 5.10 Å². The van der Waals surface area contributed by atoms with Gasteiger partial charge in [-0.25, -0.2) is 4.68 Å². The summed E-state index contributed by atoms with van der Waals surface area (Å²) in [4.78, 5) is 12.3. The zero-order valence-electron chi connectivity index (χ0n) is 13.5. The first-order valence-electron chi connectivity index (χ1n) is 8.06. The summed E-state index contributed by atoms with van der Waals surface area (Å²) in [5.41, 5.74) is 6.79. The van der Waals surface area contributed by atoms with E-state index in [1.807, 2.05) is 12.3 Å². The van der Waals surface area contributed by atoms with Crippen molar-refractivity contribution in [3.63, 3.8) is 0 Å². The maximum absolute atomic E-state index is 11.8. The van der Waals surface area contributed by atoms with Gasteiger partial charge in [0.1, 0.15) is 10.0 Å². The summed E-state index contributed by atoms with van der Waals surface area (Å²) < 4.78 is 2.19. The molecule has 2 aliphatic rings. The van der Waals surface area contributed by atoms with E-state index in [1.54, 1.807) is 10.8 Å². The molecule has 2 heterocycles. The van der Waals surface area contributed by atoms with Crippen molar-refractivity contribution < 1.29 is 4.79 Å². The second-order valence-corrected chi connectivity index (χ2v) is 7.83. The molecule has 26 heavy (non-hydrogen) atoms. The van der Waals surface area contributed by atoms with Crippen LogP contribution < -0.4 is 5.32 Å². The van der Waals surface area contributed by atoms with Gasteiger partial charge in [0.2, 0.25) is 0 Å². The Balaban J connectivity index is 1.46. The summed E-state index contributed by atoms with van der Waals surface area (Å²) in [5.74, 6) is -0.190. The number of benzene rings is 2. The van der Waals surface area contributed by atoms with Gasteiger partial charge in [-0.2, -0.15) is 0 Å². The first-order valence-corrected chi connectivity index (χ1v) is 9.29. The number of aromatic nitrogens is 3. The van der Waals surface area contributed by atoms with E-state index in [0.29, 0.717) is 14.9 Å². The van der Waals surface area contributed by atoms with Crippen molar-refractivity contribution >= 4 is 40.3 Å². The van der Waals surface area contributed by atoms with Crippen molar-refractivity contribution in [2.75, 3.05) is 0 Å². The molecule has 2 aromatic carbocycles. The number of thiocarbonyl (C=S) groups is 1. The molecule has 5 nitrogen and oxygen atoms in total. The number of hydrogen-bond acceptors (Lipinski definition) is 5. The molecule has 0 bridgehead atoms. The third-order valence-corrected chi connectivity index (χ3v) is 5.64. The van der Waals surface area contributed by atoms with Crippen LogP contribution in [-0.4, -0.2) is 25.2 Å². The predicted molar refractivity (Wildman–Crippen MR) is 106 cm³/mol. The van der Waals surface area contributed by atoms with Crippen molar-refractivity contribution in [1.29, 1.82) is 0 Å². The molecule has 1 amide bonds. The van der Waals surface area contributed by atoms with Crippen LogP contribution >= 0.6 is 24.0 Å². The highest BCUT2D eigenvalue weighted by atomic mass is 32.2. The first-order chi connectivity index (χ1) is 12.7. The molecule has 126 valence electrons. The Morgan fingerprint density at radius 1 is 1.15 bits per heavy atom. The topological polar surface area (TPSA) is 59.8 Å². The molecule has 1 N–H and O–H groups in total. The number of thioether (sulfide) groups is 1. The van der Waals surface area contributed by atoms with Crippen LogP contribution in [0, 0.1) is 0 Å². The van der Waals surface area contributed by atoms with Gasteiger partial charge in [0.05, 0.1) is 16.8 Å². The Bertz CT molecular complexity index is 1120. The van der Waals surface area contributed by atoms with Gasteiger partial charge in [-0.3, -0.25) is 4.79 Å². The maximum atomic E-state index is 11.8. The Kier molecular flexibility index (Phi) is 3.51. The molecule has 0 unspecified atom stereocenters. The summed E-state index contributed by atoms with van der Waals surface area (Å²) in [6.07, 6.45) is 4.44. The van der Waals surface area contributed by atoms with E-state index in [9.17, 15) is 4.79 Å². The molecule has 1 aliphatic heterocycles. The zero-order chi connectivity index (χ0) is 17.7. The lowest BCUT2D eigenvalue weighted by atomic mass is 10.1. The van der Waals surface area contributed by atoms with Crippen LogP contribution in [0.4, 0.5) is 0 Å². The van der Waals surface area contributed by atoms with E-state index >= 15 is 0 Å². The number of carbonyl (C=O) groups excluding carboxylic acids is 1. The van der Waals surface area contributed by atoms with Gasteiger partial charge in [0, 0.05) is 0 Å². The Morgan fingerprint density at radius 2 is 2.00 bits per heavy atom. The fourth-order valence-corrected chi connectivity index (χ4v) is 4.33. The zero-order valence-corrected chi connectivity index (χ0v) is 15.1. The van der Waals surface area contributed by atoms with Gasteiger partial charge in [-0.1, -0.05) is 59.5 Å². The Morgan fingerprint density at radius 3 is 2.85 bits per heavy atom. The van der Waals surface area contributed by atoms with Gasteiger partial charge in [0.25, 0.3) is 5.91 Å². The molecular formula is C19H12N4OS2. The summed E-state index contributed by atoms with van der Waals surface area (Å²) >= 11 is 6.23. The van der Waals surface area contributed by atoms with Crippen molar-refractivity contribution in [3.05, 3.63) is 70.4 Å². The molecule has 0 atom stereocenters. The van der Waals surface area contributed by atoms with Gasteiger partial charge >= 0.3 is 0 Å². The third-order valence-electron chi connectivity index (χ3n) is 4.47. The smallest absolute Gasteiger partial charge is 0.263 e. The van der Waals surface area contributed by atoms with E-state index in [-0.39, 0.29) is 5.91 Å². The highest BCUT2D eigenvalue weighted by Crippen LogP contribution is 2.37. The van der Waals surface area contributed by atoms with Crippen LogP contribution in [0.5, 0.6) is 0 Å². The summed E-state index contributed by atoms with van der Waals surface area (Å²) in [6.45, 7) is 0. The lowest BCUT2D eigenvalue weighted by molar-refractivity contribution is -0.115. The minimum atomic E-state index is -0.190. The van der Waals surface area contributed by atoms with Gasteiger partial charge in [0.15, 0.2) is 0 Å². The summed E-state index contributed by atoms with van der Waals surface area (Å²) in [5, 5.41) is 10.9. The molecule has 0 saturated carbocycles. The molecule has 0 radical (unpaired) electrons. The van der Waals surface area contributed by atoms with Crippen LogP contribution in [0.25, 0.3) is 22.9 Å². The quantitative estimate of drug-likeness (QED) is 0.430. The van der Waals surface area contributed by atoms with Crippen LogP contribution in [0.1, 0.15) is 16.8 Å². The Labute approximate surface area is 159 Å². The van der Waals surface area contributed by atoms with Crippen molar-refractivity contribution in [3.8, 4) is 16.8 Å². The molecule has 1 aromatic heterocycles. The number of fused-ring (bicyclic) bond motifs is 3. The van der Waals surface area contributed by atoms with E-state index in [0.717, 1.165) is 12.1 Å². The fraction of sp³-hybridized carbons (Fsp3) is 0.0526. The number of rotatable bonds is 2. The molecule has 7 heteroatoms. The molecule has 1 aliphatic carbocycles. The number of nitrogens with one attached hydrogen (secondary N) is 1. The highest BCUT2D eigenvalue weighted by Gasteiger charge is 2.23. The molecule has 3 aromatic rings. The SMILES string of the molecule is O=C1NC(=S)S/C1=C\c1cn(-c2ccc3c(c2)Cc2ccccc2-3)nn1. The van der Waals surface area contributed by atoms with E-state index in [4.69, 9.17) is 12.2 Å². The largest absolute Gasteiger partial charge is 0.307 e. The number of carbonyl (C=O) groups is 1. The van der Waals surface area contributed by atoms with Crippen molar-refractivity contribution in [2.24, 2.45) is 0 Å². The summed E-state index contributed by atoms with van der Waals surface area (Å²) in [7, 11) is 0. The number of amides is 1. The van der Waals surface area contributed by atoms with E-state index in [1.165, 1.54) is 34.0 Å². The minimum Gasteiger partial charge on any atom is -0.307 e. The van der Waals surface area contributed by atoms with Crippen molar-refractivity contribution in [1.82, 2.24) is 20.3 Å². The highest BCUT2D eigenvalue weighted by molar-refractivity contribution is 8.26. The normalized spacial score (nSPS) is 16.7. The van der Waals surface area contributed by atoms with Gasteiger partial charge in [-0.05, 0) is 46.9 Å². The van der Waals surface area contributed by atoms with Crippen LogP contribution in [0.2, 0.25) is 0 Å². The van der Waals surface area contributed by atoms with Crippen LogP contribution in [0.3, 0.4) is 0 Å². The molecule has 0 spiro atoms. The maximum Gasteiger partial charge on any atom is 0.263 e. The molecule has 1 fully saturated rings. The minimum absolute atomic E-state index is 0.190. The number of nitrogens with zero attached hydrogens (tertiary/aromatic N) is 3. The standard InChI is InChI=1S/C19H12N4OS2/c24-18-17(26-19(25)20-18)9-13-10-23(22-21-13)14-5-6-16-12(8-14)7-11-3-1-2-4-15(11)16/h1-6,8-10H,7H2,(H,20,24,25)/b17-9-. The van der Waals surface area contributed by atoms with E-state index in [2.05, 4.69) is 52.0 Å². The van der Waals surface area contributed by atoms with Crippen molar-refractivity contribution in [2.45, 2.75) is 6.42 Å². The van der Waals surface area contributed by atoms with E-state index < -0.39 is 0 Å². The van der Waals surface area contributed by atoms with Crippen LogP contribution in [-0.2, 0) is 11.2 Å². The molecular weight excluding hydrogens is 364 g/mol.